The van der Waals surface area contributed by atoms with Crippen molar-refractivity contribution < 1.29 is 9.84 Å². The summed E-state index contributed by atoms with van der Waals surface area (Å²) in [5, 5.41) is 10.7. The van der Waals surface area contributed by atoms with Crippen LogP contribution in [0.1, 0.15) is 37.0 Å². The molecule has 19 heavy (non-hydrogen) atoms. The number of rotatable bonds is 1. The fraction of sp³-hybridized carbons (Fsp3) is 0.625. The predicted molar refractivity (Wildman–Crippen MR) is 75.1 cm³/mol. The van der Waals surface area contributed by atoms with E-state index >= 15 is 0 Å². The molecule has 0 radical (unpaired) electrons. The number of hydrogen-bond donors (Lipinski definition) is 1. The highest BCUT2D eigenvalue weighted by Crippen LogP contribution is 2.33. The minimum absolute atomic E-state index is 0.249. The maximum atomic E-state index is 10.7. The van der Waals surface area contributed by atoms with Gasteiger partial charge >= 0.3 is 0 Å². The first-order valence-corrected chi connectivity index (χ1v) is 7.37. The van der Waals surface area contributed by atoms with Crippen LogP contribution in [-0.4, -0.2) is 41.8 Å². The van der Waals surface area contributed by atoms with E-state index in [1.54, 1.807) is 0 Å². The molecule has 0 saturated carbocycles. The lowest BCUT2D eigenvalue weighted by molar-refractivity contribution is 0.0159. The average molecular weight is 261 g/mol. The van der Waals surface area contributed by atoms with E-state index in [9.17, 15) is 5.11 Å². The van der Waals surface area contributed by atoms with Crippen molar-refractivity contribution in [1.29, 1.82) is 0 Å². The van der Waals surface area contributed by atoms with Gasteiger partial charge < -0.3 is 9.84 Å². The van der Waals surface area contributed by atoms with Crippen LogP contribution in [0.25, 0.3) is 0 Å². The number of fused-ring (bicyclic) bond motifs is 1. The van der Waals surface area contributed by atoms with Crippen LogP contribution >= 0.6 is 0 Å². The Kier molecular flexibility index (Phi) is 3.87. The summed E-state index contributed by atoms with van der Waals surface area (Å²) >= 11 is 0. The monoisotopic (exact) mass is 261 g/mol. The van der Waals surface area contributed by atoms with Crippen LogP contribution in [0.5, 0.6) is 0 Å². The standard InChI is InChI=1S/C16H23NO2/c1-12-11-17(9-4-10-19-12)15-8-7-13-5-2-3-6-14(13)16(15)18/h2-3,5-6,12,15-16,18H,4,7-11H2,1H3. The maximum absolute atomic E-state index is 10.7. The van der Waals surface area contributed by atoms with E-state index in [1.165, 1.54) is 5.56 Å². The molecule has 0 amide bonds. The zero-order valence-corrected chi connectivity index (χ0v) is 11.6. The Labute approximate surface area is 115 Å². The van der Waals surface area contributed by atoms with Crippen LogP contribution in [0.3, 0.4) is 0 Å². The molecule has 3 unspecified atom stereocenters. The van der Waals surface area contributed by atoms with Gasteiger partial charge in [0.15, 0.2) is 0 Å². The number of ether oxygens (including phenoxy) is 1. The third-order valence-electron chi connectivity index (χ3n) is 4.40. The van der Waals surface area contributed by atoms with Gasteiger partial charge in [0.25, 0.3) is 0 Å². The summed E-state index contributed by atoms with van der Waals surface area (Å²) < 4.78 is 5.71. The molecule has 1 N–H and O–H groups in total. The molecule has 1 aliphatic carbocycles. The fourth-order valence-corrected chi connectivity index (χ4v) is 3.43. The second kappa shape index (κ2) is 5.61. The topological polar surface area (TPSA) is 32.7 Å². The van der Waals surface area contributed by atoms with Crippen molar-refractivity contribution >= 4 is 0 Å². The summed E-state index contributed by atoms with van der Waals surface area (Å²) in [5.74, 6) is 0. The first kappa shape index (κ1) is 13.1. The fourth-order valence-electron chi connectivity index (χ4n) is 3.43. The van der Waals surface area contributed by atoms with Gasteiger partial charge in [-0.1, -0.05) is 24.3 Å². The summed E-state index contributed by atoms with van der Waals surface area (Å²) in [7, 11) is 0. The smallest absolute Gasteiger partial charge is 0.0947 e. The number of aliphatic hydroxyl groups is 1. The van der Waals surface area contributed by atoms with Gasteiger partial charge in [-0.2, -0.15) is 0 Å². The molecule has 3 atom stereocenters. The van der Waals surface area contributed by atoms with Crippen LogP contribution < -0.4 is 0 Å². The largest absolute Gasteiger partial charge is 0.387 e. The molecule has 1 heterocycles. The second-order valence-electron chi connectivity index (χ2n) is 5.78. The minimum Gasteiger partial charge on any atom is -0.387 e. The van der Waals surface area contributed by atoms with Gasteiger partial charge in [-0.05, 0) is 37.3 Å². The van der Waals surface area contributed by atoms with Gasteiger partial charge in [-0.15, -0.1) is 0 Å². The third kappa shape index (κ3) is 2.69. The molecule has 1 aliphatic heterocycles. The van der Waals surface area contributed by atoms with Crippen molar-refractivity contribution in [2.75, 3.05) is 19.7 Å². The first-order valence-electron chi connectivity index (χ1n) is 7.37. The Morgan fingerprint density at radius 1 is 1.32 bits per heavy atom. The normalized spacial score (nSPS) is 32.6. The number of benzene rings is 1. The third-order valence-corrected chi connectivity index (χ3v) is 4.40. The van der Waals surface area contributed by atoms with E-state index in [1.807, 2.05) is 6.07 Å². The lowest BCUT2D eigenvalue weighted by Crippen LogP contribution is -2.44. The van der Waals surface area contributed by atoms with E-state index in [4.69, 9.17) is 4.74 Å². The van der Waals surface area contributed by atoms with E-state index < -0.39 is 0 Å². The predicted octanol–water partition coefficient (Wildman–Crippen LogP) is 2.15. The highest BCUT2D eigenvalue weighted by molar-refractivity contribution is 5.32. The van der Waals surface area contributed by atoms with Crippen LogP contribution in [-0.2, 0) is 11.2 Å². The van der Waals surface area contributed by atoms with Gasteiger partial charge in [0, 0.05) is 25.7 Å². The molecule has 0 bridgehead atoms. The Morgan fingerprint density at radius 2 is 2.16 bits per heavy atom. The molecular weight excluding hydrogens is 238 g/mol. The summed E-state index contributed by atoms with van der Waals surface area (Å²) in [6.07, 6.45) is 3.10. The SMILES string of the molecule is CC1CN(C2CCc3ccccc3C2O)CCCO1. The Morgan fingerprint density at radius 3 is 3.05 bits per heavy atom. The average Bonchev–Trinajstić information content (AvgIpc) is 2.64. The molecule has 0 spiro atoms. The molecule has 1 saturated heterocycles. The Hall–Kier alpha value is -0.900. The molecule has 104 valence electrons. The van der Waals surface area contributed by atoms with Crippen LogP contribution in [0, 0.1) is 0 Å². The van der Waals surface area contributed by atoms with E-state index in [2.05, 4.69) is 30.0 Å². The van der Waals surface area contributed by atoms with Gasteiger partial charge in [-0.3, -0.25) is 4.90 Å². The zero-order chi connectivity index (χ0) is 13.2. The minimum atomic E-state index is -0.352. The molecule has 1 aromatic rings. The molecule has 3 heteroatoms. The van der Waals surface area contributed by atoms with E-state index in [0.29, 0.717) is 0 Å². The van der Waals surface area contributed by atoms with Gasteiger partial charge in [0.2, 0.25) is 0 Å². The van der Waals surface area contributed by atoms with Crippen molar-refractivity contribution in [2.24, 2.45) is 0 Å². The second-order valence-corrected chi connectivity index (χ2v) is 5.78. The highest BCUT2D eigenvalue weighted by Gasteiger charge is 2.33. The van der Waals surface area contributed by atoms with E-state index in [0.717, 1.165) is 44.5 Å². The maximum Gasteiger partial charge on any atom is 0.0947 e. The van der Waals surface area contributed by atoms with E-state index in [-0.39, 0.29) is 18.2 Å². The molecule has 1 fully saturated rings. The molecule has 2 aliphatic rings. The lowest BCUT2D eigenvalue weighted by atomic mass is 9.85. The first-order chi connectivity index (χ1) is 9.25. The zero-order valence-electron chi connectivity index (χ0n) is 11.6. The molecular formula is C16H23NO2. The van der Waals surface area contributed by atoms with Gasteiger partial charge in [0.05, 0.1) is 12.2 Å². The summed E-state index contributed by atoms with van der Waals surface area (Å²) in [4.78, 5) is 2.43. The van der Waals surface area contributed by atoms with Crippen LogP contribution in [0.2, 0.25) is 0 Å². The van der Waals surface area contributed by atoms with Crippen LogP contribution in [0.4, 0.5) is 0 Å². The molecule has 0 aromatic heterocycles. The number of nitrogens with zero attached hydrogens (tertiary/aromatic N) is 1. The molecule has 1 aromatic carbocycles. The van der Waals surface area contributed by atoms with Crippen molar-refractivity contribution in [1.82, 2.24) is 4.90 Å². The Bertz CT molecular complexity index is 435. The van der Waals surface area contributed by atoms with Crippen LogP contribution in [0.15, 0.2) is 24.3 Å². The van der Waals surface area contributed by atoms with Gasteiger partial charge in [-0.25, -0.2) is 0 Å². The summed E-state index contributed by atoms with van der Waals surface area (Å²) in [6, 6.07) is 8.55. The Balaban J connectivity index is 1.79. The lowest BCUT2D eigenvalue weighted by Gasteiger charge is -2.38. The number of aliphatic hydroxyl groups excluding tert-OH is 1. The van der Waals surface area contributed by atoms with Crippen molar-refractivity contribution in [2.45, 2.75) is 44.4 Å². The van der Waals surface area contributed by atoms with Gasteiger partial charge in [0.1, 0.15) is 0 Å². The quantitative estimate of drug-likeness (QED) is 0.841. The summed E-state index contributed by atoms with van der Waals surface area (Å²) in [6.45, 7) is 4.94. The van der Waals surface area contributed by atoms with Crippen molar-refractivity contribution in [3.8, 4) is 0 Å². The number of aryl methyl sites for hydroxylation is 1. The highest BCUT2D eigenvalue weighted by atomic mass is 16.5. The van der Waals surface area contributed by atoms with Crippen molar-refractivity contribution in [3.63, 3.8) is 0 Å². The molecule has 3 rings (SSSR count). The van der Waals surface area contributed by atoms with Crippen molar-refractivity contribution in [3.05, 3.63) is 35.4 Å². The number of hydrogen-bond acceptors (Lipinski definition) is 3. The molecule has 3 nitrogen and oxygen atoms in total. The summed E-state index contributed by atoms with van der Waals surface area (Å²) in [5.41, 5.74) is 2.43.